The van der Waals surface area contributed by atoms with Crippen LogP contribution in [0.4, 0.5) is 0 Å². The van der Waals surface area contributed by atoms with E-state index in [1.807, 2.05) is 47.0 Å². The van der Waals surface area contributed by atoms with Gasteiger partial charge in [0.2, 0.25) is 0 Å². The molecule has 1 saturated heterocycles. The van der Waals surface area contributed by atoms with Crippen molar-refractivity contribution in [1.29, 1.82) is 0 Å². The number of aryl methyl sites for hydroxylation is 1. The summed E-state index contributed by atoms with van der Waals surface area (Å²) >= 11 is 0. The number of hydrogen-bond acceptors (Lipinski definition) is 5. The second-order valence-electron chi connectivity index (χ2n) is 5.98. The van der Waals surface area contributed by atoms with Gasteiger partial charge in [0.1, 0.15) is 12.2 Å². The molecule has 0 aliphatic carbocycles. The summed E-state index contributed by atoms with van der Waals surface area (Å²) in [6, 6.07) is 7.84. The predicted molar refractivity (Wildman–Crippen MR) is 85.3 cm³/mol. The summed E-state index contributed by atoms with van der Waals surface area (Å²) in [4.78, 5) is 15.8. The number of benzene rings is 1. The Labute approximate surface area is 138 Å². The third-order valence-electron chi connectivity index (χ3n) is 4.12. The lowest BCUT2D eigenvalue weighted by Gasteiger charge is -2.38. The Bertz CT molecular complexity index is 849. The van der Waals surface area contributed by atoms with Crippen LogP contribution in [0.25, 0.3) is 0 Å². The van der Waals surface area contributed by atoms with Gasteiger partial charge in [0, 0.05) is 18.7 Å². The fraction of sp³-hybridized carbons (Fsp3) is 0.312. The molecule has 1 amide bonds. The normalized spacial score (nSPS) is 14.6. The molecule has 8 heteroatoms. The van der Waals surface area contributed by atoms with E-state index in [-0.39, 0.29) is 11.9 Å². The van der Waals surface area contributed by atoms with Crippen molar-refractivity contribution in [2.45, 2.75) is 19.5 Å². The molecular formula is C16H17N7O. The Morgan fingerprint density at radius 2 is 2.04 bits per heavy atom. The van der Waals surface area contributed by atoms with E-state index in [9.17, 15) is 4.79 Å². The van der Waals surface area contributed by atoms with Gasteiger partial charge in [0.15, 0.2) is 0 Å². The van der Waals surface area contributed by atoms with Crippen molar-refractivity contribution in [2.75, 3.05) is 13.1 Å². The molecule has 0 radical (unpaired) electrons. The Kier molecular flexibility index (Phi) is 3.56. The van der Waals surface area contributed by atoms with Gasteiger partial charge in [0.25, 0.3) is 5.91 Å². The SMILES string of the molecule is Cc1cccc(C(=O)N2CC(n3cc(Cn4nccn4)nn3)C2)c1. The molecule has 0 spiro atoms. The van der Waals surface area contributed by atoms with E-state index >= 15 is 0 Å². The van der Waals surface area contributed by atoms with Crippen LogP contribution in [-0.4, -0.2) is 53.9 Å². The van der Waals surface area contributed by atoms with Gasteiger partial charge in [-0.25, -0.2) is 4.68 Å². The molecule has 3 aromatic rings. The van der Waals surface area contributed by atoms with Crippen LogP contribution < -0.4 is 0 Å². The van der Waals surface area contributed by atoms with Crippen LogP contribution in [0, 0.1) is 6.92 Å². The van der Waals surface area contributed by atoms with Gasteiger partial charge < -0.3 is 4.90 Å². The van der Waals surface area contributed by atoms with E-state index in [0.29, 0.717) is 19.6 Å². The highest BCUT2D eigenvalue weighted by atomic mass is 16.2. The van der Waals surface area contributed by atoms with E-state index in [0.717, 1.165) is 16.8 Å². The average Bonchev–Trinajstić information content (AvgIpc) is 3.18. The molecule has 122 valence electrons. The Morgan fingerprint density at radius 1 is 1.25 bits per heavy atom. The van der Waals surface area contributed by atoms with E-state index < -0.39 is 0 Å². The maximum absolute atomic E-state index is 12.4. The van der Waals surface area contributed by atoms with Crippen LogP contribution in [0.1, 0.15) is 27.7 Å². The average molecular weight is 323 g/mol. The Balaban J connectivity index is 1.37. The lowest BCUT2D eigenvalue weighted by Crippen LogP contribution is -2.50. The van der Waals surface area contributed by atoms with Crippen molar-refractivity contribution in [3.63, 3.8) is 0 Å². The van der Waals surface area contributed by atoms with Crippen molar-refractivity contribution in [3.8, 4) is 0 Å². The van der Waals surface area contributed by atoms with Crippen molar-refractivity contribution < 1.29 is 4.79 Å². The quantitative estimate of drug-likeness (QED) is 0.713. The molecule has 0 atom stereocenters. The summed E-state index contributed by atoms with van der Waals surface area (Å²) in [5.74, 6) is 0.0658. The molecule has 1 aromatic carbocycles. The maximum Gasteiger partial charge on any atom is 0.254 e. The number of likely N-dealkylation sites (tertiary alicyclic amines) is 1. The summed E-state index contributed by atoms with van der Waals surface area (Å²) in [5, 5.41) is 16.4. The smallest absolute Gasteiger partial charge is 0.254 e. The number of rotatable bonds is 4. The van der Waals surface area contributed by atoms with Crippen molar-refractivity contribution in [3.05, 3.63) is 59.7 Å². The van der Waals surface area contributed by atoms with E-state index in [1.165, 1.54) is 0 Å². The lowest BCUT2D eigenvalue weighted by atomic mass is 10.1. The zero-order valence-electron chi connectivity index (χ0n) is 13.3. The fourth-order valence-electron chi connectivity index (χ4n) is 2.78. The molecule has 0 N–H and O–H groups in total. The van der Waals surface area contributed by atoms with Crippen LogP contribution in [0.3, 0.4) is 0 Å². The van der Waals surface area contributed by atoms with Gasteiger partial charge in [-0.3, -0.25) is 4.79 Å². The topological polar surface area (TPSA) is 81.7 Å². The number of carbonyl (C=O) groups is 1. The van der Waals surface area contributed by atoms with Crippen LogP contribution in [0.15, 0.2) is 42.9 Å². The zero-order chi connectivity index (χ0) is 16.5. The molecule has 1 fully saturated rings. The van der Waals surface area contributed by atoms with E-state index in [2.05, 4.69) is 20.5 Å². The van der Waals surface area contributed by atoms with Gasteiger partial charge in [0.05, 0.1) is 24.6 Å². The third-order valence-corrected chi connectivity index (χ3v) is 4.12. The largest absolute Gasteiger partial charge is 0.334 e. The minimum Gasteiger partial charge on any atom is -0.334 e. The highest BCUT2D eigenvalue weighted by molar-refractivity contribution is 5.94. The monoisotopic (exact) mass is 323 g/mol. The minimum absolute atomic E-state index is 0.0658. The molecule has 4 rings (SSSR count). The highest BCUT2D eigenvalue weighted by Crippen LogP contribution is 2.23. The molecule has 8 nitrogen and oxygen atoms in total. The van der Waals surface area contributed by atoms with Gasteiger partial charge in [-0.2, -0.15) is 15.0 Å². The maximum atomic E-state index is 12.4. The van der Waals surface area contributed by atoms with Gasteiger partial charge in [-0.05, 0) is 19.1 Å². The molecule has 24 heavy (non-hydrogen) atoms. The summed E-state index contributed by atoms with van der Waals surface area (Å²) in [5.41, 5.74) is 2.62. The molecule has 3 heterocycles. The van der Waals surface area contributed by atoms with Crippen LogP contribution in [-0.2, 0) is 6.54 Å². The van der Waals surface area contributed by atoms with Crippen LogP contribution in [0.2, 0.25) is 0 Å². The number of hydrogen-bond donors (Lipinski definition) is 0. The molecule has 0 saturated carbocycles. The summed E-state index contributed by atoms with van der Waals surface area (Å²) in [6.45, 7) is 3.78. The number of amides is 1. The van der Waals surface area contributed by atoms with E-state index in [4.69, 9.17) is 0 Å². The Hall–Kier alpha value is -3.03. The van der Waals surface area contributed by atoms with Crippen molar-refractivity contribution in [1.82, 2.24) is 34.9 Å². The van der Waals surface area contributed by atoms with Gasteiger partial charge in [-0.15, -0.1) is 5.10 Å². The fourth-order valence-corrected chi connectivity index (χ4v) is 2.78. The van der Waals surface area contributed by atoms with Gasteiger partial charge >= 0.3 is 0 Å². The number of carbonyl (C=O) groups excluding carboxylic acids is 1. The molecule has 1 aliphatic heterocycles. The lowest BCUT2D eigenvalue weighted by molar-refractivity contribution is 0.0498. The standard InChI is InChI=1S/C16H17N7O/c1-12-3-2-4-13(7-12)16(24)21-10-15(11-21)22-8-14(19-20-22)9-23-17-5-6-18-23/h2-8,15H,9-11H2,1H3. The van der Waals surface area contributed by atoms with Gasteiger partial charge in [-0.1, -0.05) is 22.9 Å². The first kappa shape index (κ1) is 14.6. The highest BCUT2D eigenvalue weighted by Gasteiger charge is 2.33. The summed E-state index contributed by atoms with van der Waals surface area (Å²) in [6.07, 6.45) is 5.15. The van der Waals surface area contributed by atoms with Crippen LogP contribution in [0.5, 0.6) is 0 Å². The van der Waals surface area contributed by atoms with Crippen molar-refractivity contribution in [2.24, 2.45) is 0 Å². The molecule has 2 aromatic heterocycles. The number of nitrogens with zero attached hydrogens (tertiary/aromatic N) is 7. The Morgan fingerprint density at radius 3 is 2.79 bits per heavy atom. The molecule has 0 bridgehead atoms. The molecule has 0 unspecified atom stereocenters. The zero-order valence-corrected chi connectivity index (χ0v) is 13.3. The first-order chi connectivity index (χ1) is 11.7. The second kappa shape index (κ2) is 5.88. The predicted octanol–water partition coefficient (Wildman–Crippen LogP) is 0.923. The first-order valence-electron chi connectivity index (χ1n) is 7.80. The molecular weight excluding hydrogens is 306 g/mol. The summed E-state index contributed by atoms with van der Waals surface area (Å²) < 4.78 is 1.82. The third kappa shape index (κ3) is 2.78. The number of aromatic nitrogens is 6. The first-order valence-corrected chi connectivity index (χ1v) is 7.80. The molecule has 1 aliphatic rings. The van der Waals surface area contributed by atoms with Crippen molar-refractivity contribution >= 4 is 5.91 Å². The second-order valence-corrected chi connectivity index (χ2v) is 5.98. The van der Waals surface area contributed by atoms with E-state index in [1.54, 1.807) is 17.2 Å². The van der Waals surface area contributed by atoms with Crippen LogP contribution >= 0.6 is 0 Å². The summed E-state index contributed by atoms with van der Waals surface area (Å²) in [7, 11) is 0. The minimum atomic E-state index is 0.0658.